The van der Waals surface area contributed by atoms with Gasteiger partial charge in [0, 0.05) is 0 Å². The van der Waals surface area contributed by atoms with Gasteiger partial charge in [-0.05, 0) is 22.3 Å². The quantitative estimate of drug-likeness (QED) is 0.236. The molecule has 0 spiro atoms. The van der Waals surface area contributed by atoms with Gasteiger partial charge >= 0.3 is 0 Å². The van der Waals surface area contributed by atoms with Crippen LogP contribution in [0.5, 0.6) is 0 Å². The highest BCUT2D eigenvalue weighted by Crippen LogP contribution is 2.31. The van der Waals surface area contributed by atoms with E-state index in [9.17, 15) is 5.11 Å². The van der Waals surface area contributed by atoms with Crippen LogP contribution in [0.15, 0.2) is 121 Å². The Kier molecular flexibility index (Phi) is 10.5. The molecule has 0 radical (unpaired) electrons. The summed E-state index contributed by atoms with van der Waals surface area (Å²) in [5.74, 6) is 0. The van der Waals surface area contributed by atoms with Gasteiger partial charge in [-0.25, -0.2) is 0 Å². The smallest absolute Gasteiger partial charge is 0.187 e. The van der Waals surface area contributed by atoms with E-state index in [-0.39, 0.29) is 6.61 Å². The molecule has 0 aromatic heterocycles. The molecule has 0 saturated carbocycles. The van der Waals surface area contributed by atoms with E-state index in [4.69, 9.17) is 23.7 Å². The summed E-state index contributed by atoms with van der Waals surface area (Å²) in [5, 5.41) is 10.4. The minimum atomic E-state index is -0.779. The maximum Gasteiger partial charge on any atom is 0.187 e. The van der Waals surface area contributed by atoms with E-state index in [0.29, 0.717) is 26.4 Å². The summed E-state index contributed by atoms with van der Waals surface area (Å²) in [7, 11) is 0. The molecule has 0 aliphatic carbocycles. The van der Waals surface area contributed by atoms with E-state index < -0.39 is 30.7 Å². The molecule has 6 heteroatoms. The number of benzene rings is 4. The molecule has 1 N–H and O–H groups in total. The van der Waals surface area contributed by atoms with Crippen LogP contribution in [0.25, 0.3) is 0 Å². The van der Waals surface area contributed by atoms with Crippen LogP contribution < -0.4 is 0 Å². The molecule has 6 nitrogen and oxygen atoms in total. The average Bonchev–Trinajstić information content (AvgIpc) is 3.03. The zero-order valence-corrected chi connectivity index (χ0v) is 22.5. The highest BCUT2D eigenvalue weighted by Gasteiger charge is 2.48. The molecular weight excluding hydrogens is 504 g/mol. The van der Waals surface area contributed by atoms with Gasteiger partial charge in [-0.15, -0.1) is 0 Å². The first-order chi connectivity index (χ1) is 19.8. The fraction of sp³-hybridized carbons (Fsp3) is 0.294. The first-order valence-electron chi connectivity index (χ1n) is 13.7. The van der Waals surface area contributed by atoms with Gasteiger partial charge in [-0.1, -0.05) is 121 Å². The van der Waals surface area contributed by atoms with Crippen molar-refractivity contribution in [2.45, 2.75) is 57.1 Å². The van der Waals surface area contributed by atoms with Gasteiger partial charge in [0.2, 0.25) is 0 Å². The molecule has 4 aromatic rings. The lowest BCUT2D eigenvalue weighted by Crippen LogP contribution is -2.61. The predicted octanol–water partition coefficient (Wildman–Crippen LogP) is 5.68. The van der Waals surface area contributed by atoms with Crippen LogP contribution in [0, 0.1) is 0 Å². The van der Waals surface area contributed by atoms with Gasteiger partial charge < -0.3 is 28.8 Å². The molecule has 1 saturated heterocycles. The first kappa shape index (κ1) is 28.2. The number of ether oxygens (including phenoxy) is 5. The Morgan fingerprint density at radius 1 is 0.450 bits per heavy atom. The standard InChI is InChI=1S/C34H36O6/c35-21-30-31(36-22-26-13-5-1-6-14-26)32(37-23-27-15-7-2-8-16-27)33(38-24-28-17-9-3-10-18-28)34(40-30)39-25-29-19-11-4-12-20-29/h1-20,30-35H,21-25H2/t30-,31-,32+,33-,34-/m1/s1. The molecular formula is C34H36O6. The predicted molar refractivity (Wildman–Crippen MR) is 152 cm³/mol. The van der Waals surface area contributed by atoms with E-state index in [1.54, 1.807) is 0 Å². The Morgan fingerprint density at radius 2 is 0.800 bits per heavy atom. The molecule has 1 fully saturated rings. The largest absolute Gasteiger partial charge is 0.394 e. The minimum Gasteiger partial charge on any atom is -0.394 e. The van der Waals surface area contributed by atoms with Crippen LogP contribution >= 0.6 is 0 Å². The first-order valence-corrected chi connectivity index (χ1v) is 13.7. The van der Waals surface area contributed by atoms with Gasteiger partial charge in [-0.3, -0.25) is 0 Å². The second-order valence-corrected chi connectivity index (χ2v) is 9.81. The summed E-state index contributed by atoms with van der Waals surface area (Å²) in [6.45, 7) is 1.13. The Bertz CT molecular complexity index is 1240. The molecule has 5 rings (SSSR count). The van der Waals surface area contributed by atoms with Crippen LogP contribution in [0.3, 0.4) is 0 Å². The summed E-state index contributed by atoms with van der Waals surface area (Å²) >= 11 is 0. The Labute approximate surface area is 236 Å². The van der Waals surface area contributed by atoms with Crippen molar-refractivity contribution >= 4 is 0 Å². The fourth-order valence-corrected chi connectivity index (χ4v) is 4.78. The van der Waals surface area contributed by atoms with E-state index in [2.05, 4.69) is 0 Å². The summed E-state index contributed by atoms with van der Waals surface area (Å²) in [4.78, 5) is 0. The summed E-state index contributed by atoms with van der Waals surface area (Å²) in [6, 6.07) is 39.8. The third kappa shape index (κ3) is 7.86. The molecule has 0 unspecified atom stereocenters. The Balaban J connectivity index is 1.41. The van der Waals surface area contributed by atoms with E-state index >= 15 is 0 Å². The van der Waals surface area contributed by atoms with Gasteiger partial charge in [0.15, 0.2) is 6.29 Å². The van der Waals surface area contributed by atoms with Crippen LogP contribution in [-0.2, 0) is 50.1 Å². The van der Waals surface area contributed by atoms with Crippen LogP contribution in [0.4, 0.5) is 0 Å². The normalized spacial score (nSPS) is 22.7. The van der Waals surface area contributed by atoms with Crippen molar-refractivity contribution in [1.82, 2.24) is 0 Å². The molecule has 4 aromatic carbocycles. The number of hydrogen-bond donors (Lipinski definition) is 1. The van der Waals surface area contributed by atoms with E-state index in [1.807, 2.05) is 121 Å². The molecule has 5 atom stereocenters. The van der Waals surface area contributed by atoms with Crippen molar-refractivity contribution in [3.63, 3.8) is 0 Å². The van der Waals surface area contributed by atoms with Crippen LogP contribution in [-0.4, -0.2) is 42.4 Å². The maximum absolute atomic E-state index is 10.4. The Morgan fingerprint density at radius 3 is 1.20 bits per heavy atom. The van der Waals surface area contributed by atoms with Crippen LogP contribution in [0.1, 0.15) is 22.3 Å². The molecule has 1 aliphatic heterocycles. The zero-order chi connectivity index (χ0) is 27.4. The van der Waals surface area contributed by atoms with Crippen molar-refractivity contribution in [3.8, 4) is 0 Å². The van der Waals surface area contributed by atoms with Crippen molar-refractivity contribution in [3.05, 3.63) is 144 Å². The lowest BCUT2D eigenvalue weighted by Gasteiger charge is -2.45. The topological polar surface area (TPSA) is 66.4 Å². The molecule has 40 heavy (non-hydrogen) atoms. The number of aliphatic hydroxyl groups excluding tert-OH is 1. The average molecular weight is 541 g/mol. The molecule has 1 heterocycles. The van der Waals surface area contributed by atoms with Gasteiger partial charge in [0.25, 0.3) is 0 Å². The summed E-state index contributed by atoms with van der Waals surface area (Å²) < 4.78 is 32.1. The van der Waals surface area contributed by atoms with Gasteiger partial charge in [-0.2, -0.15) is 0 Å². The SMILES string of the molecule is OC[C@H]1O[C@@H](OCc2ccccc2)[C@H](OCc2ccccc2)[C@@H](OCc2ccccc2)[C@@H]1OCc1ccccc1. The second-order valence-electron chi connectivity index (χ2n) is 9.81. The second kappa shape index (κ2) is 14.9. The van der Waals surface area contributed by atoms with Crippen molar-refractivity contribution < 1.29 is 28.8 Å². The third-order valence-corrected chi connectivity index (χ3v) is 6.88. The molecule has 1 aliphatic rings. The van der Waals surface area contributed by atoms with Crippen molar-refractivity contribution in [1.29, 1.82) is 0 Å². The lowest BCUT2D eigenvalue weighted by molar-refractivity contribution is -0.329. The van der Waals surface area contributed by atoms with Crippen LogP contribution in [0.2, 0.25) is 0 Å². The maximum atomic E-state index is 10.4. The van der Waals surface area contributed by atoms with Crippen molar-refractivity contribution in [2.75, 3.05) is 6.61 Å². The number of aliphatic hydroxyl groups is 1. The minimum absolute atomic E-state index is 0.249. The number of rotatable bonds is 13. The van der Waals surface area contributed by atoms with E-state index in [1.165, 1.54) is 0 Å². The zero-order valence-electron chi connectivity index (χ0n) is 22.5. The summed E-state index contributed by atoms with van der Waals surface area (Å²) in [5.41, 5.74) is 4.08. The summed E-state index contributed by atoms with van der Waals surface area (Å²) in [6.07, 6.45) is -3.22. The molecule has 0 bridgehead atoms. The van der Waals surface area contributed by atoms with Gasteiger partial charge in [0.1, 0.15) is 24.4 Å². The number of hydrogen-bond acceptors (Lipinski definition) is 6. The Hall–Kier alpha value is -3.36. The molecule has 208 valence electrons. The third-order valence-electron chi connectivity index (χ3n) is 6.88. The van der Waals surface area contributed by atoms with E-state index in [0.717, 1.165) is 22.3 Å². The van der Waals surface area contributed by atoms with Gasteiger partial charge in [0.05, 0.1) is 33.0 Å². The lowest BCUT2D eigenvalue weighted by atomic mass is 9.97. The fourth-order valence-electron chi connectivity index (χ4n) is 4.78. The van der Waals surface area contributed by atoms with Crippen molar-refractivity contribution in [2.24, 2.45) is 0 Å². The highest BCUT2D eigenvalue weighted by molar-refractivity contribution is 5.16. The monoisotopic (exact) mass is 540 g/mol. The molecule has 0 amide bonds. The highest BCUT2D eigenvalue weighted by atomic mass is 16.7.